The second-order valence-corrected chi connectivity index (χ2v) is 7.51. The van der Waals surface area contributed by atoms with Crippen molar-refractivity contribution in [3.63, 3.8) is 0 Å². The molecule has 0 bridgehead atoms. The van der Waals surface area contributed by atoms with Crippen molar-refractivity contribution < 1.29 is 23.4 Å². The molecular weight excluding hydrogens is 436 g/mol. The maximum absolute atomic E-state index is 13.3. The van der Waals surface area contributed by atoms with Gasteiger partial charge in [0, 0.05) is 25.0 Å². The lowest BCUT2D eigenvalue weighted by Gasteiger charge is -2.12. The summed E-state index contributed by atoms with van der Waals surface area (Å²) in [6.07, 6.45) is 3.33. The van der Waals surface area contributed by atoms with E-state index in [1.165, 1.54) is 7.11 Å². The Morgan fingerprint density at radius 1 is 1.00 bits per heavy atom. The highest BCUT2D eigenvalue weighted by Crippen LogP contribution is 2.33. The summed E-state index contributed by atoms with van der Waals surface area (Å²) in [5, 5.41) is 3.19. The molecule has 8 heteroatoms. The number of hydrogen-bond donors (Lipinski definition) is 1. The number of pyridine rings is 1. The molecule has 4 rings (SSSR count). The van der Waals surface area contributed by atoms with Crippen molar-refractivity contribution in [2.75, 3.05) is 20.8 Å². The Morgan fingerprint density at radius 3 is 2.50 bits per heavy atom. The summed E-state index contributed by atoms with van der Waals surface area (Å²) in [5.41, 5.74) is 2.25. The number of benzene rings is 2. The summed E-state index contributed by atoms with van der Waals surface area (Å²) < 4.78 is 22.2. The van der Waals surface area contributed by atoms with Crippen LogP contribution in [0.3, 0.4) is 0 Å². The maximum Gasteiger partial charge on any atom is 0.258 e. The van der Waals surface area contributed by atoms with E-state index < -0.39 is 0 Å². The molecule has 0 saturated carbocycles. The predicted molar refractivity (Wildman–Crippen MR) is 127 cm³/mol. The molecule has 0 fully saturated rings. The van der Waals surface area contributed by atoms with Crippen LogP contribution in [0.4, 0.5) is 0 Å². The molecule has 2 heterocycles. The first-order valence-corrected chi connectivity index (χ1v) is 10.6. The lowest BCUT2D eigenvalue weighted by atomic mass is 10.0. The van der Waals surface area contributed by atoms with E-state index in [1.54, 1.807) is 62.8 Å². The van der Waals surface area contributed by atoms with Crippen molar-refractivity contribution in [1.29, 1.82) is 0 Å². The van der Waals surface area contributed by atoms with Gasteiger partial charge in [-0.25, -0.2) is 0 Å². The third-order valence-electron chi connectivity index (χ3n) is 5.32. The largest absolute Gasteiger partial charge is 0.493 e. The molecule has 0 aliphatic carbocycles. The van der Waals surface area contributed by atoms with E-state index in [0.29, 0.717) is 51.6 Å². The summed E-state index contributed by atoms with van der Waals surface area (Å²) in [4.78, 5) is 29.3. The van der Waals surface area contributed by atoms with E-state index in [1.807, 2.05) is 12.1 Å². The van der Waals surface area contributed by atoms with Crippen LogP contribution >= 0.6 is 0 Å². The topological polar surface area (TPSA) is 99.9 Å². The minimum atomic E-state index is -0.265. The van der Waals surface area contributed by atoms with Gasteiger partial charge < -0.3 is 23.9 Å². The van der Waals surface area contributed by atoms with Crippen molar-refractivity contribution in [1.82, 2.24) is 10.3 Å². The van der Waals surface area contributed by atoms with Crippen LogP contribution in [0.25, 0.3) is 22.1 Å². The van der Waals surface area contributed by atoms with Gasteiger partial charge in [0.1, 0.15) is 17.1 Å². The molecule has 2 aromatic carbocycles. The fourth-order valence-corrected chi connectivity index (χ4v) is 3.60. The molecule has 1 amide bonds. The Morgan fingerprint density at radius 2 is 1.76 bits per heavy atom. The van der Waals surface area contributed by atoms with E-state index in [4.69, 9.17) is 18.6 Å². The summed E-state index contributed by atoms with van der Waals surface area (Å²) in [6.45, 7) is 1.95. The number of nitrogens with one attached hydrogen (secondary N) is 1. The Bertz CT molecular complexity index is 1380. The van der Waals surface area contributed by atoms with Gasteiger partial charge in [0.2, 0.25) is 5.43 Å². The van der Waals surface area contributed by atoms with Crippen molar-refractivity contribution in [2.45, 2.75) is 13.5 Å². The van der Waals surface area contributed by atoms with E-state index in [2.05, 4.69) is 10.3 Å². The average molecular weight is 460 g/mol. The molecule has 0 spiro atoms. The number of nitrogens with zero attached hydrogens (tertiary/aromatic N) is 1. The monoisotopic (exact) mass is 460 g/mol. The van der Waals surface area contributed by atoms with Gasteiger partial charge in [-0.1, -0.05) is 6.07 Å². The van der Waals surface area contributed by atoms with Crippen LogP contribution in [-0.2, 0) is 11.3 Å². The van der Waals surface area contributed by atoms with Crippen molar-refractivity contribution in [3.05, 3.63) is 82.5 Å². The molecule has 0 radical (unpaired) electrons. The van der Waals surface area contributed by atoms with Gasteiger partial charge in [0.15, 0.2) is 18.1 Å². The normalized spacial score (nSPS) is 10.7. The third-order valence-corrected chi connectivity index (χ3v) is 5.32. The smallest absolute Gasteiger partial charge is 0.258 e. The van der Waals surface area contributed by atoms with Gasteiger partial charge in [-0.15, -0.1) is 0 Å². The molecule has 1 N–H and O–H groups in total. The fraction of sp³-hybridized carbons (Fsp3) is 0.192. The number of hydrogen-bond acceptors (Lipinski definition) is 7. The zero-order valence-corrected chi connectivity index (χ0v) is 19.1. The highest BCUT2D eigenvalue weighted by Gasteiger charge is 2.16. The van der Waals surface area contributed by atoms with Gasteiger partial charge >= 0.3 is 0 Å². The highest BCUT2D eigenvalue weighted by atomic mass is 16.5. The van der Waals surface area contributed by atoms with Crippen LogP contribution in [0.1, 0.15) is 11.3 Å². The predicted octanol–water partition coefficient (Wildman–Crippen LogP) is 3.88. The van der Waals surface area contributed by atoms with E-state index in [-0.39, 0.29) is 17.9 Å². The molecule has 8 nitrogen and oxygen atoms in total. The standard InChI is InChI=1S/C26H24N2O6/c1-16-25(18-4-7-21(31-2)23(12-18)32-3)26(30)20-6-5-19(13-22(20)34-16)33-15-24(29)28-14-17-8-10-27-11-9-17/h4-13H,14-15H2,1-3H3,(H,28,29). The third kappa shape index (κ3) is 4.85. The number of ether oxygens (including phenoxy) is 3. The molecule has 0 aliphatic heterocycles. The van der Waals surface area contributed by atoms with E-state index >= 15 is 0 Å². The molecule has 0 unspecified atom stereocenters. The summed E-state index contributed by atoms with van der Waals surface area (Å²) in [5.74, 6) is 1.70. The highest BCUT2D eigenvalue weighted by molar-refractivity contribution is 5.84. The number of amides is 1. The van der Waals surface area contributed by atoms with Gasteiger partial charge in [-0.3, -0.25) is 14.6 Å². The summed E-state index contributed by atoms with van der Waals surface area (Å²) in [6, 6.07) is 13.8. The van der Waals surface area contributed by atoms with Crippen LogP contribution < -0.4 is 25.0 Å². The minimum Gasteiger partial charge on any atom is -0.493 e. The van der Waals surface area contributed by atoms with Gasteiger partial charge in [0.25, 0.3) is 5.91 Å². The first-order valence-electron chi connectivity index (χ1n) is 10.6. The quantitative estimate of drug-likeness (QED) is 0.426. The summed E-state index contributed by atoms with van der Waals surface area (Å²) in [7, 11) is 3.09. The Labute approximate surface area is 196 Å². The number of carbonyl (C=O) groups excluding carboxylic acids is 1. The van der Waals surface area contributed by atoms with Crippen LogP contribution in [0.2, 0.25) is 0 Å². The SMILES string of the molecule is COc1ccc(-c2c(C)oc3cc(OCC(=O)NCc4ccncc4)ccc3c2=O)cc1OC. The molecular formula is C26H24N2O6. The van der Waals surface area contributed by atoms with Gasteiger partial charge in [-0.05, 0) is 54.4 Å². The number of methoxy groups -OCH3 is 2. The van der Waals surface area contributed by atoms with Crippen molar-refractivity contribution in [3.8, 4) is 28.4 Å². The van der Waals surface area contributed by atoms with Crippen LogP contribution in [0.15, 0.2) is 70.1 Å². The molecule has 2 aromatic heterocycles. The Hall–Kier alpha value is -4.33. The van der Waals surface area contributed by atoms with Crippen LogP contribution in [0.5, 0.6) is 17.2 Å². The van der Waals surface area contributed by atoms with E-state index in [0.717, 1.165) is 5.56 Å². The van der Waals surface area contributed by atoms with Gasteiger partial charge in [0.05, 0.1) is 25.2 Å². The van der Waals surface area contributed by atoms with Crippen molar-refractivity contribution >= 4 is 16.9 Å². The fourth-order valence-electron chi connectivity index (χ4n) is 3.60. The minimum absolute atomic E-state index is 0.163. The second-order valence-electron chi connectivity index (χ2n) is 7.51. The molecule has 34 heavy (non-hydrogen) atoms. The zero-order valence-electron chi connectivity index (χ0n) is 19.1. The van der Waals surface area contributed by atoms with E-state index in [9.17, 15) is 9.59 Å². The molecule has 174 valence electrons. The average Bonchev–Trinajstić information content (AvgIpc) is 2.86. The van der Waals surface area contributed by atoms with Crippen LogP contribution in [-0.4, -0.2) is 31.7 Å². The van der Waals surface area contributed by atoms with Gasteiger partial charge in [-0.2, -0.15) is 0 Å². The molecule has 0 atom stereocenters. The Kier molecular flexibility index (Phi) is 6.77. The zero-order chi connectivity index (χ0) is 24.1. The first-order chi connectivity index (χ1) is 16.5. The summed E-state index contributed by atoms with van der Waals surface area (Å²) >= 11 is 0. The molecule has 0 aliphatic rings. The molecule has 4 aromatic rings. The lowest BCUT2D eigenvalue weighted by molar-refractivity contribution is -0.123. The number of fused-ring (bicyclic) bond motifs is 1. The number of carbonyl (C=O) groups is 1. The first kappa shape index (κ1) is 22.8. The van der Waals surface area contributed by atoms with Crippen molar-refractivity contribution in [2.24, 2.45) is 0 Å². The van der Waals surface area contributed by atoms with Crippen LogP contribution in [0, 0.1) is 6.92 Å². The second kappa shape index (κ2) is 10.1. The number of aryl methyl sites for hydroxylation is 1. The Balaban J connectivity index is 1.53. The lowest BCUT2D eigenvalue weighted by Crippen LogP contribution is -2.28. The molecule has 0 saturated heterocycles. The maximum atomic E-state index is 13.3. The number of aromatic nitrogens is 1. The number of rotatable bonds is 8.